The molecule has 0 saturated carbocycles. The zero-order valence-corrected chi connectivity index (χ0v) is 11.0. The van der Waals surface area contributed by atoms with Crippen molar-refractivity contribution < 1.29 is 23.9 Å². The molecule has 2 rings (SSSR count). The van der Waals surface area contributed by atoms with Crippen LogP contribution in [0, 0.1) is 5.82 Å². The SMILES string of the molecule is O=C1CCC(CNC(=O)Nc2ccc(C(=O)O)c(F)c2)N1. The van der Waals surface area contributed by atoms with E-state index in [2.05, 4.69) is 16.0 Å². The van der Waals surface area contributed by atoms with Gasteiger partial charge in [-0.2, -0.15) is 0 Å². The van der Waals surface area contributed by atoms with Gasteiger partial charge < -0.3 is 21.1 Å². The topological polar surface area (TPSA) is 108 Å². The van der Waals surface area contributed by atoms with Gasteiger partial charge in [-0.15, -0.1) is 0 Å². The molecule has 4 N–H and O–H groups in total. The largest absolute Gasteiger partial charge is 0.478 e. The van der Waals surface area contributed by atoms with E-state index in [-0.39, 0.29) is 24.2 Å². The molecule has 1 aliphatic rings. The lowest BCUT2D eigenvalue weighted by Crippen LogP contribution is -2.40. The molecule has 1 aliphatic heterocycles. The maximum absolute atomic E-state index is 13.4. The van der Waals surface area contributed by atoms with Gasteiger partial charge in [0.2, 0.25) is 5.91 Å². The first-order valence-electron chi connectivity index (χ1n) is 6.33. The minimum absolute atomic E-state index is 0.0476. The predicted molar refractivity (Wildman–Crippen MR) is 71.5 cm³/mol. The molecule has 0 aromatic heterocycles. The standard InChI is InChI=1S/C13H14FN3O4/c14-10-5-7(1-3-9(10)12(19)20)17-13(21)15-6-8-2-4-11(18)16-8/h1,3,5,8H,2,4,6H2,(H,16,18)(H,19,20)(H2,15,17,21). The Bertz CT molecular complexity index is 591. The minimum atomic E-state index is -1.37. The molecule has 1 unspecified atom stereocenters. The number of amides is 3. The van der Waals surface area contributed by atoms with Gasteiger partial charge in [0.05, 0.1) is 5.56 Å². The lowest BCUT2D eigenvalue weighted by Gasteiger charge is -2.12. The number of carbonyl (C=O) groups is 3. The van der Waals surface area contributed by atoms with Gasteiger partial charge in [0.25, 0.3) is 0 Å². The van der Waals surface area contributed by atoms with Crippen LogP contribution in [-0.2, 0) is 4.79 Å². The van der Waals surface area contributed by atoms with Crippen LogP contribution in [0.5, 0.6) is 0 Å². The minimum Gasteiger partial charge on any atom is -0.478 e. The first-order chi connectivity index (χ1) is 9.95. The Balaban J connectivity index is 1.86. The second kappa shape index (κ2) is 6.21. The van der Waals surface area contributed by atoms with Crippen LogP contribution in [0.25, 0.3) is 0 Å². The summed E-state index contributed by atoms with van der Waals surface area (Å²) in [7, 11) is 0. The second-order valence-corrected chi connectivity index (χ2v) is 4.64. The van der Waals surface area contributed by atoms with Crippen molar-refractivity contribution in [2.45, 2.75) is 18.9 Å². The van der Waals surface area contributed by atoms with Crippen LogP contribution in [-0.4, -0.2) is 35.6 Å². The molecule has 0 spiro atoms. The van der Waals surface area contributed by atoms with Crippen LogP contribution in [0.1, 0.15) is 23.2 Å². The van der Waals surface area contributed by atoms with Crippen molar-refractivity contribution in [3.8, 4) is 0 Å². The third-order valence-corrected chi connectivity index (χ3v) is 3.05. The molecule has 1 saturated heterocycles. The molecule has 3 amide bonds. The van der Waals surface area contributed by atoms with E-state index in [9.17, 15) is 18.8 Å². The number of rotatable bonds is 4. The van der Waals surface area contributed by atoms with Crippen LogP contribution >= 0.6 is 0 Å². The summed E-state index contributed by atoms with van der Waals surface area (Å²) in [6.07, 6.45) is 1.09. The number of hydrogen-bond donors (Lipinski definition) is 4. The number of hydrogen-bond acceptors (Lipinski definition) is 3. The maximum atomic E-state index is 13.4. The molecule has 8 heteroatoms. The van der Waals surface area contributed by atoms with Crippen LogP contribution in [0.2, 0.25) is 0 Å². The number of benzene rings is 1. The van der Waals surface area contributed by atoms with Crippen molar-refractivity contribution in [1.82, 2.24) is 10.6 Å². The fourth-order valence-corrected chi connectivity index (χ4v) is 1.99. The number of aromatic carboxylic acids is 1. The molecule has 1 aromatic carbocycles. The molecule has 1 fully saturated rings. The lowest BCUT2D eigenvalue weighted by molar-refractivity contribution is -0.119. The van der Waals surface area contributed by atoms with Crippen molar-refractivity contribution in [3.05, 3.63) is 29.6 Å². The molecule has 1 atom stereocenters. The summed E-state index contributed by atoms with van der Waals surface area (Å²) in [5.74, 6) is -2.35. The highest BCUT2D eigenvalue weighted by Gasteiger charge is 2.21. The third kappa shape index (κ3) is 3.91. The number of halogens is 1. The molecule has 0 bridgehead atoms. The predicted octanol–water partition coefficient (Wildman–Crippen LogP) is 0.924. The molecule has 0 aliphatic carbocycles. The van der Waals surface area contributed by atoms with Gasteiger partial charge in [0.1, 0.15) is 5.82 Å². The molecule has 112 valence electrons. The van der Waals surface area contributed by atoms with Gasteiger partial charge >= 0.3 is 12.0 Å². The van der Waals surface area contributed by atoms with Crippen molar-refractivity contribution in [3.63, 3.8) is 0 Å². The Hall–Kier alpha value is -2.64. The van der Waals surface area contributed by atoms with Crippen LogP contribution in [0.3, 0.4) is 0 Å². The molecule has 7 nitrogen and oxygen atoms in total. The highest BCUT2D eigenvalue weighted by Crippen LogP contribution is 2.14. The van der Waals surface area contributed by atoms with E-state index in [0.29, 0.717) is 12.8 Å². The smallest absolute Gasteiger partial charge is 0.338 e. The van der Waals surface area contributed by atoms with Gasteiger partial charge in [0.15, 0.2) is 0 Å². The zero-order chi connectivity index (χ0) is 15.4. The first-order valence-corrected chi connectivity index (χ1v) is 6.33. The number of carboxylic acid groups (broad SMARTS) is 1. The summed E-state index contributed by atoms with van der Waals surface area (Å²) in [6.45, 7) is 0.271. The number of urea groups is 1. The average molecular weight is 295 g/mol. The van der Waals surface area contributed by atoms with E-state index >= 15 is 0 Å². The van der Waals surface area contributed by atoms with Crippen molar-refractivity contribution in [2.24, 2.45) is 0 Å². The Morgan fingerprint density at radius 1 is 1.43 bits per heavy atom. The third-order valence-electron chi connectivity index (χ3n) is 3.05. The summed E-state index contributed by atoms with van der Waals surface area (Å²) < 4.78 is 13.4. The van der Waals surface area contributed by atoms with Gasteiger partial charge in [-0.1, -0.05) is 0 Å². The molecular formula is C13H14FN3O4. The fourth-order valence-electron chi connectivity index (χ4n) is 1.99. The number of carbonyl (C=O) groups excluding carboxylic acids is 2. The maximum Gasteiger partial charge on any atom is 0.338 e. The molecule has 1 aromatic rings. The van der Waals surface area contributed by atoms with E-state index in [0.717, 1.165) is 12.1 Å². The van der Waals surface area contributed by atoms with Gasteiger partial charge in [-0.05, 0) is 24.6 Å². The molecule has 1 heterocycles. The number of anilines is 1. The van der Waals surface area contributed by atoms with E-state index in [1.54, 1.807) is 0 Å². The van der Waals surface area contributed by atoms with Gasteiger partial charge in [-0.3, -0.25) is 4.79 Å². The monoisotopic (exact) mass is 295 g/mol. The first kappa shape index (κ1) is 14.8. The fraction of sp³-hybridized carbons (Fsp3) is 0.308. The summed E-state index contributed by atoms with van der Waals surface area (Å²) in [6, 6.07) is 2.64. The summed E-state index contributed by atoms with van der Waals surface area (Å²) >= 11 is 0. The summed E-state index contributed by atoms with van der Waals surface area (Å²) in [5.41, 5.74) is -0.319. The van der Waals surface area contributed by atoms with Gasteiger partial charge in [-0.25, -0.2) is 14.0 Å². The lowest BCUT2D eigenvalue weighted by atomic mass is 10.2. The highest BCUT2D eigenvalue weighted by molar-refractivity contribution is 5.91. The summed E-state index contributed by atoms with van der Waals surface area (Å²) in [4.78, 5) is 33.2. The van der Waals surface area contributed by atoms with Crippen molar-refractivity contribution >= 4 is 23.6 Å². The highest BCUT2D eigenvalue weighted by atomic mass is 19.1. The van der Waals surface area contributed by atoms with Crippen LogP contribution < -0.4 is 16.0 Å². The Morgan fingerprint density at radius 3 is 2.76 bits per heavy atom. The zero-order valence-electron chi connectivity index (χ0n) is 11.0. The normalized spacial score (nSPS) is 17.2. The molecule has 21 heavy (non-hydrogen) atoms. The number of nitrogens with one attached hydrogen (secondary N) is 3. The quantitative estimate of drug-likeness (QED) is 0.662. The van der Waals surface area contributed by atoms with Gasteiger partial charge in [0, 0.05) is 24.7 Å². The Labute approximate surface area is 119 Å². The van der Waals surface area contributed by atoms with Crippen molar-refractivity contribution in [1.29, 1.82) is 0 Å². The van der Waals surface area contributed by atoms with E-state index in [1.807, 2.05) is 0 Å². The Kier molecular flexibility index (Phi) is 4.36. The molecule has 0 radical (unpaired) electrons. The Morgan fingerprint density at radius 2 is 2.19 bits per heavy atom. The van der Waals surface area contributed by atoms with E-state index < -0.39 is 23.4 Å². The molecular weight excluding hydrogens is 281 g/mol. The second-order valence-electron chi connectivity index (χ2n) is 4.64. The van der Waals surface area contributed by atoms with Crippen LogP contribution in [0.15, 0.2) is 18.2 Å². The summed E-state index contributed by atoms with van der Waals surface area (Å²) in [5, 5.41) is 16.3. The average Bonchev–Trinajstić information content (AvgIpc) is 2.82. The number of carboxylic acids is 1. The van der Waals surface area contributed by atoms with E-state index in [4.69, 9.17) is 5.11 Å². The van der Waals surface area contributed by atoms with Crippen molar-refractivity contribution in [2.75, 3.05) is 11.9 Å². The van der Waals surface area contributed by atoms with E-state index in [1.165, 1.54) is 6.07 Å². The van der Waals surface area contributed by atoms with Crippen LogP contribution in [0.4, 0.5) is 14.9 Å².